The molecule has 0 aromatic heterocycles. The van der Waals surface area contributed by atoms with Crippen LogP contribution in [-0.2, 0) is 0 Å². The predicted molar refractivity (Wildman–Crippen MR) is 77.6 cm³/mol. The lowest BCUT2D eigenvalue weighted by molar-refractivity contribution is 0.415. The van der Waals surface area contributed by atoms with Crippen LogP contribution in [-0.4, -0.2) is 12.2 Å². The Hall–Kier alpha value is -2.48. The summed E-state index contributed by atoms with van der Waals surface area (Å²) in [5.41, 5.74) is 1.86. The lowest BCUT2D eigenvalue weighted by atomic mass is 10.0. The van der Waals surface area contributed by atoms with E-state index in [-0.39, 0.29) is 0 Å². The van der Waals surface area contributed by atoms with Crippen molar-refractivity contribution in [3.05, 3.63) is 60.7 Å². The summed E-state index contributed by atoms with van der Waals surface area (Å²) in [5, 5.41) is 12.1. The van der Waals surface area contributed by atoms with Crippen molar-refractivity contribution in [1.82, 2.24) is 0 Å². The van der Waals surface area contributed by atoms with Crippen LogP contribution in [0.2, 0.25) is 0 Å². The number of para-hydroxylation sites is 1. The summed E-state index contributed by atoms with van der Waals surface area (Å²) in [7, 11) is 1.66. The molecule has 0 spiro atoms. The number of hydrogen-bond donors (Lipinski definition) is 1. The van der Waals surface area contributed by atoms with Crippen molar-refractivity contribution in [2.75, 3.05) is 7.11 Å². The Morgan fingerprint density at radius 1 is 0.842 bits per heavy atom. The van der Waals surface area contributed by atoms with E-state index in [0.29, 0.717) is 5.75 Å². The van der Waals surface area contributed by atoms with Crippen LogP contribution in [0.25, 0.3) is 21.9 Å². The van der Waals surface area contributed by atoms with Gasteiger partial charge >= 0.3 is 0 Å². The molecule has 3 rings (SSSR count). The van der Waals surface area contributed by atoms with Crippen molar-refractivity contribution in [1.29, 1.82) is 0 Å². The van der Waals surface area contributed by atoms with Gasteiger partial charge in [-0.3, -0.25) is 0 Å². The first-order valence-corrected chi connectivity index (χ1v) is 6.14. The van der Waals surface area contributed by atoms with Crippen molar-refractivity contribution < 1.29 is 9.84 Å². The molecule has 0 heterocycles. The maximum absolute atomic E-state index is 9.90. The maximum Gasteiger partial charge on any atom is 0.123 e. The lowest BCUT2D eigenvalue weighted by Gasteiger charge is -2.07. The van der Waals surface area contributed by atoms with Crippen molar-refractivity contribution in [2.24, 2.45) is 0 Å². The summed E-state index contributed by atoms with van der Waals surface area (Å²) in [6, 6.07) is 19.5. The molecule has 0 fully saturated rings. The highest BCUT2D eigenvalue weighted by atomic mass is 16.5. The van der Waals surface area contributed by atoms with Gasteiger partial charge in [-0.05, 0) is 40.6 Å². The zero-order chi connectivity index (χ0) is 13.2. The number of phenols is 1. The number of ether oxygens (including phenoxy) is 1. The largest absolute Gasteiger partial charge is 0.507 e. The molecule has 3 aromatic rings. The standard InChI is InChI=1S/C17H14O2/c1-19-15-9-8-12-10-14(7-6-13(12)11-15)16-4-2-3-5-17(16)18/h2-11,18H,1H3. The highest BCUT2D eigenvalue weighted by Crippen LogP contribution is 2.31. The number of phenolic OH excluding ortho intramolecular Hbond substituents is 1. The Balaban J connectivity index is 2.15. The van der Waals surface area contributed by atoms with E-state index in [1.165, 1.54) is 0 Å². The molecule has 0 aliphatic heterocycles. The van der Waals surface area contributed by atoms with Gasteiger partial charge in [0, 0.05) is 5.56 Å². The summed E-state index contributed by atoms with van der Waals surface area (Å²) in [6.45, 7) is 0. The van der Waals surface area contributed by atoms with Crippen molar-refractivity contribution >= 4 is 10.8 Å². The van der Waals surface area contributed by atoms with E-state index in [1.54, 1.807) is 13.2 Å². The van der Waals surface area contributed by atoms with E-state index in [2.05, 4.69) is 6.07 Å². The normalized spacial score (nSPS) is 10.6. The van der Waals surface area contributed by atoms with E-state index < -0.39 is 0 Å². The lowest BCUT2D eigenvalue weighted by Crippen LogP contribution is -1.83. The molecule has 19 heavy (non-hydrogen) atoms. The van der Waals surface area contributed by atoms with Gasteiger partial charge in [0.05, 0.1) is 7.11 Å². The van der Waals surface area contributed by atoms with Crippen LogP contribution in [0, 0.1) is 0 Å². The average Bonchev–Trinajstić information content (AvgIpc) is 2.46. The van der Waals surface area contributed by atoms with Crippen LogP contribution in [0.3, 0.4) is 0 Å². The second-order valence-electron chi connectivity index (χ2n) is 4.45. The molecule has 2 heteroatoms. The molecular formula is C17H14O2. The third kappa shape index (κ3) is 2.13. The molecular weight excluding hydrogens is 236 g/mol. The van der Waals surface area contributed by atoms with Crippen LogP contribution in [0.4, 0.5) is 0 Å². The van der Waals surface area contributed by atoms with Gasteiger partial charge in [0.25, 0.3) is 0 Å². The first-order valence-electron chi connectivity index (χ1n) is 6.14. The minimum Gasteiger partial charge on any atom is -0.507 e. The SMILES string of the molecule is COc1ccc2cc(-c3ccccc3O)ccc2c1. The Morgan fingerprint density at radius 3 is 2.37 bits per heavy atom. The van der Waals surface area contributed by atoms with E-state index in [9.17, 15) is 5.11 Å². The zero-order valence-electron chi connectivity index (χ0n) is 10.6. The smallest absolute Gasteiger partial charge is 0.123 e. The van der Waals surface area contributed by atoms with Gasteiger partial charge in [-0.2, -0.15) is 0 Å². The number of benzene rings is 3. The molecule has 0 radical (unpaired) electrons. The fraction of sp³-hybridized carbons (Fsp3) is 0.0588. The van der Waals surface area contributed by atoms with E-state index in [0.717, 1.165) is 27.6 Å². The van der Waals surface area contributed by atoms with E-state index >= 15 is 0 Å². The van der Waals surface area contributed by atoms with Gasteiger partial charge in [0.1, 0.15) is 11.5 Å². The van der Waals surface area contributed by atoms with Gasteiger partial charge in [0.15, 0.2) is 0 Å². The Bertz CT molecular complexity index is 732. The van der Waals surface area contributed by atoms with Crippen LogP contribution in [0.15, 0.2) is 60.7 Å². The van der Waals surface area contributed by atoms with Gasteiger partial charge in [0.2, 0.25) is 0 Å². The molecule has 0 amide bonds. The molecule has 0 bridgehead atoms. The zero-order valence-corrected chi connectivity index (χ0v) is 10.6. The predicted octanol–water partition coefficient (Wildman–Crippen LogP) is 4.22. The van der Waals surface area contributed by atoms with Crippen molar-refractivity contribution in [3.8, 4) is 22.6 Å². The second kappa shape index (κ2) is 4.65. The third-order valence-electron chi connectivity index (χ3n) is 3.26. The van der Waals surface area contributed by atoms with Gasteiger partial charge in [-0.1, -0.05) is 36.4 Å². The number of rotatable bonds is 2. The number of aromatic hydroxyl groups is 1. The first-order chi connectivity index (χ1) is 9.28. The fourth-order valence-corrected chi connectivity index (χ4v) is 2.24. The summed E-state index contributed by atoms with van der Waals surface area (Å²) in [5.74, 6) is 1.15. The van der Waals surface area contributed by atoms with E-state index in [4.69, 9.17) is 4.74 Å². The molecule has 1 N–H and O–H groups in total. The number of fused-ring (bicyclic) bond motifs is 1. The Kier molecular flexibility index (Phi) is 2.84. The molecule has 0 unspecified atom stereocenters. The summed E-state index contributed by atoms with van der Waals surface area (Å²) in [6.07, 6.45) is 0. The highest BCUT2D eigenvalue weighted by Gasteiger charge is 2.04. The molecule has 0 atom stereocenters. The van der Waals surface area contributed by atoms with Crippen LogP contribution in [0.5, 0.6) is 11.5 Å². The van der Waals surface area contributed by atoms with E-state index in [1.807, 2.05) is 48.5 Å². The molecule has 0 saturated heterocycles. The van der Waals surface area contributed by atoms with Crippen molar-refractivity contribution in [2.45, 2.75) is 0 Å². The summed E-state index contributed by atoms with van der Waals surface area (Å²) < 4.78 is 5.22. The van der Waals surface area contributed by atoms with Crippen LogP contribution in [0.1, 0.15) is 0 Å². The molecule has 0 aliphatic carbocycles. The minimum atomic E-state index is 0.301. The Morgan fingerprint density at radius 2 is 1.58 bits per heavy atom. The third-order valence-corrected chi connectivity index (χ3v) is 3.26. The molecule has 0 aliphatic rings. The van der Waals surface area contributed by atoms with Gasteiger partial charge < -0.3 is 9.84 Å². The average molecular weight is 250 g/mol. The highest BCUT2D eigenvalue weighted by molar-refractivity contribution is 5.89. The fourth-order valence-electron chi connectivity index (χ4n) is 2.24. The van der Waals surface area contributed by atoms with Crippen molar-refractivity contribution in [3.63, 3.8) is 0 Å². The number of hydrogen-bond acceptors (Lipinski definition) is 2. The monoisotopic (exact) mass is 250 g/mol. The first kappa shape index (κ1) is 11.6. The molecule has 94 valence electrons. The second-order valence-corrected chi connectivity index (χ2v) is 4.45. The summed E-state index contributed by atoms with van der Waals surface area (Å²) in [4.78, 5) is 0. The quantitative estimate of drug-likeness (QED) is 0.737. The molecule has 2 nitrogen and oxygen atoms in total. The van der Waals surface area contributed by atoms with Crippen LogP contribution < -0.4 is 4.74 Å². The van der Waals surface area contributed by atoms with Crippen LogP contribution >= 0.6 is 0 Å². The van der Waals surface area contributed by atoms with Gasteiger partial charge in [-0.15, -0.1) is 0 Å². The molecule has 0 saturated carbocycles. The maximum atomic E-state index is 9.90. The topological polar surface area (TPSA) is 29.5 Å². The van der Waals surface area contributed by atoms with Gasteiger partial charge in [-0.25, -0.2) is 0 Å². The minimum absolute atomic E-state index is 0.301. The number of methoxy groups -OCH3 is 1. The Labute approximate surface area is 111 Å². The molecule has 3 aromatic carbocycles. The summed E-state index contributed by atoms with van der Waals surface area (Å²) >= 11 is 0.